The van der Waals surface area contributed by atoms with Gasteiger partial charge in [0.2, 0.25) is 0 Å². The molecule has 1 aliphatic heterocycles. The number of allylic oxidation sites excluding steroid dienone is 2. The first kappa shape index (κ1) is 37.9. The number of aryl methyl sites for hydroxylation is 6. The molecule has 1 heterocycles. The molecule has 272 valence electrons. The minimum atomic E-state index is -2.14. The molecule has 2 aromatic rings. The minimum absolute atomic E-state index is 0.0312. The van der Waals surface area contributed by atoms with Crippen LogP contribution in [0.1, 0.15) is 138 Å². The van der Waals surface area contributed by atoms with Gasteiger partial charge in [0.15, 0.2) is 0 Å². The first-order valence-corrected chi connectivity index (χ1v) is 22.4. The SMILES string of the molecule is Cc1cc(C)c(N2C=CN(c3c(C)cc(C)cc3C)C2=C2C(Cl)CCCC2(Cl)P(=C=CC(C)(C)C)(C2CCCCC2)C2CCCCC2)c(C)c1. The third kappa shape index (κ3) is 6.98. The maximum atomic E-state index is 8.89. The molecule has 0 bridgehead atoms. The third-order valence-corrected chi connectivity index (χ3v) is 19.3. The highest BCUT2D eigenvalue weighted by Gasteiger charge is 2.57. The zero-order chi connectivity index (χ0) is 36.0. The number of alkyl halides is 2. The van der Waals surface area contributed by atoms with Crippen molar-refractivity contribution < 1.29 is 0 Å². The zero-order valence-electron chi connectivity index (χ0n) is 32.6. The van der Waals surface area contributed by atoms with Crippen LogP contribution in [0.15, 0.2) is 54.1 Å². The molecular formula is C45H63Cl2N2P. The zero-order valence-corrected chi connectivity index (χ0v) is 35.0. The van der Waals surface area contributed by atoms with E-state index < -0.39 is 11.5 Å². The van der Waals surface area contributed by atoms with Gasteiger partial charge in [0, 0.05) is 18.0 Å². The topological polar surface area (TPSA) is 6.48 Å². The van der Waals surface area contributed by atoms with E-state index in [1.165, 1.54) is 120 Å². The Balaban J connectivity index is 1.75. The number of hydrogen-bond donors (Lipinski definition) is 0. The number of benzene rings is 2. The number of halogens is 2. The van der Waals surface area contributed by atoms with Gasteiger partial charge in [-0.25, -0.2) is 0 Å². The largest absolute Gasteiger partial charge is 0.301 e. The number of hydrogen-bond acceptors (Lipinski definition) is 2. The van der Waals surface area contributed by atoms with Crippen molar-refractivity contribution in [3.63, 3.8) is 0 Å². The third-order valence-electron chi connectivity index (χ3n) is 12.1. The van der Waals surface area contributed by atoms with Crippen molar-refractivity contribution in [1.29, 1.82) is 0 Å². The summed E-state index contributed by atoms with van der Waals surface area (Å²) < 4.78 is -0.569. The molecule has 0 N–H and O–H groups in total. The minimum Gasteiger partial charge on any atom is -0.301 e. The highest BCUT2D eigenvalue weighted by Crippen LogP contribution is 2.77. The summed E-state index contributed by atoms with van der Waals surface area (Å²) >= 11 is 16.8. The molecule has 3 fully saturated rings. The van der Waals surface area contributed by atoms with E-state index in [1.54, 1.807) is 0 Å². The molecule has 5 heteroatoms. The highest BCUT2D eigenvalue weighted by atomic mass is 35.5. The van der Waals surface area contributed by atoms with Crippen LogP contribution in [0.4, 0.5) is 11.4 Å². The van der Waals surface area contributed by atoms with Crippen LogP contribution in [-0.4, -0.2) is 26.8 Å². The predicted octanol–water partition coefficient (Wildman–Crippen LogP) is 14.0. The fourth-order valence-corrected chi connectivity index (χ4v) is 18.7. The van der Waals surface area contributed by atoms with Gasteiger partial charge in [-0.15, -0.1) is 28.7 Å². The molecule has 0 aromatic heterocycles. The Labute approximate surface area is 315 Å². The second-order valence-electron chi connectivity index (χ2n) is 17.4. The lowest BCUT2D eigenvalue weighted by Crippen LogP contribution is -2.45. The average molecular weight is 734 g/mol. The van der Waals surface area contributed by atoms with Crippen molar-refractivity contribution in [3.05, 3.63) is 87.5 Å². The van der Waals surface area contributed by atoms with E-state index in [1.807, 2.05) is 0 Å². The standard InChI is InChI=1S/C45H63Cl2N2P/c1-31-27-33(3)41(34(4)28-31)48-24-25-49(42-35(5)29-32(2)30-36(42)6)43(48)40-39(46)21-16-22-45(40,47)50(26-23-44(7,8)9,37-17-12-10-13-18-37)38-19-14-11-15-20-38/h23-25,27-30,37-39H,10-22H2,1-9H3. The van der Waals surface area contributed by atoms with Gasteiger partial charge in [0.05, 0.1) is 21.4 Å². The number of anilines is 2. The molecule has 2 unspecified atom stereocenters. The van der Waals surface area contributed by atoms with Gasteiger partial charge in [0.25, 0.3) is 0 Å². The summed E-state index contributed by atoms with van der Waals surface area (Å²) in [5.74, 6) is 1.18. The smallest absolute Gasteiger partial charge is 0.124 e. The van der Waals surface area contributed by atoms with Crippen LogP contribution >= 0.6 is 30.1 Å². The molecule has 2 nitrogen and oxygen atoms in total. The molecule has 3 aliphatic carbocycles. The van der Waals surface area contributed by atoms with Crippen LogP contribution in [0, 0.1) is 47.0 Å². The van der Waals surface area contributed by atoms with Gasteiger partial charge in [-0.05, 0) is 138 Å². The normalized spacial score (nSPS) is 24.3. The van der Waals surface area contributed by atoms with E-state index in [4.69, 9.17) is 23.2 Å². The Bertz CT molecular complexity index is 1600. The van der Waals surface area contributed by atoms with E-state index in [0.717, 1.165) is 19.3 Å². The fraction of sp³-hybridized carbons (Fsp3) is 0.600. The summed E-state index contributed by atoms with van der Waals surface area (Å²) in [6.45, 7) is 18.4. The summed E-state index contributed by atoms with van der Waals surface area (Å²) in [6, 6.07) is 9.32. The van der Waals surface area contributed by atoms with Crippen LogP contribution in [-0.2, 0) is 0 Å². The first-order chi connectivity index (χ1) is 23.7. The van der Waals surface area contributed by atoms with Crippen molar-refractivity contribution in [1.82, 2.24) is 0 Å². The quantitative estimate of drug-likeness (QED) is 0.223. The van der Waals surface area contributed by atoms with Crippen LogP contribution in [0.5, 0.6) is 0 Å². The Hall–Kier alpha value is -1.82. The van der Waals surface area contributed by atoms with Crippen molar-refractivity contribution in [2.75, 3.05) is 9.80 Å². The van der Waals surface area contributed by atoms with Crippen molar-refractivity contribution in [2.45, 2.75) is 167 Å². The van der Waals surface area contributed by atoms with Crippen LogP contribution in [0.3, 0.4) is 0 Å². The Morgan fingerprint density at radius 3 is 1.50 bits per heavy atom. The maximum absolute atomic E-state index is 8.89. The molecular weight excluding hydrogens is 670 g/mol. The molecule has 2 aromatic carbocycles. The summed E-state index contributed by atoms with van der Waals surface area (Å²) in [6.07, 6.45) is 23.1. The predicted molar refractivity (Wildman–Crippen MR) is 224 cm³/mol. The van der Waals surface area contributed by atoms with Crippen molar-refractivity contribution in [3.8, 4) is 0 Å². The molecule has 0 spiro atoms. The summed E-state index contributed by atoms with van der Waals surface area (Å²) in [4.78, 5) is 4.97. The lowest BCUT2D eigenvalue weighted by atomic mass is 9.91. The van der Waals surface area contributed by atoms with E-state index >= 15 is 0 Å². The van der Waals surface area contributed by atoms with Gasteiger partial charge in [-0.1, -0.05) is 94.7 Å². The second kappa shape index (κ2) is 14.9. The molecule has 0 saturated heterocycles. The molecule has 6 rings (SSSR count). The van der Waals surface area contributed by atoms with Gasteiger partial charge < -0.3 is 9.80 Å². The van der Waals surface area contributed by atoms with Gasteiger partial charge in [-0.2, -0.15) is 0 Å². The molecule has 0 amide bonds. The molecule has 4 aliphatic rings. The molecule has 50 heavy (non-hydrogen) atoms. The monoisotopic (exact) mass is 732 g/mol. The summed E-state index contributed by atoms with van der Waals surface area (Å²) in [5, 5.41) is -0.152. The molecule has 2 atom stereocenters. The summed E-state index contributed by atoms with van der Waals surface area (Å²) in [5.41, 5.74) is 17.2. The maximum Gasteiger partial charge on any atom is 0.124 e. The lowest BCUT2D eigenvalue weighted by molar-refractivity contribution is 0.469. The fourth-order valence-electron chi connectivity index (χ4n) is 10.3. The van der Waals surface area contributed by atoms with E-state index in [-0.39, 0.29) is 10.8 Å². The lowest BCUT2D eigenvalue weighted by Gasteiger charge is -2.55. The van der Waals surface area contributed by atoms with Gasteiger partial charge in [-0.3, -0.25) is 0 Å². The molecule has 3 saturated carbocycles. The average Bonchev–Trinajstić information content (AvgIpc) is 3.44. The first-order valence-electron chi connectivity index (χ1n) is 19.7. The van der Waals surface area contributed by atoms with E-state index in [0.29, 0.717) is 11.3 Å². The van der Waals surface area contributed by atoms with Gasteiger partial charge >= 0.3 is 0 Å². The number of nitrogens with zero attached hydrogens (tertiary/aromatic N) is 2. The van der Waals surface area contributed by atoms with Crippen molar-refractivity contribution >= 4 is 46.9 Å². The number of rotatable bonds is 5. The molecule has 0 radical (unpaired) electrons. The Kier molecular flexibility index (Phi) is 11.3. The second-order valence-corrected chi connectivity index (χ2v) is 22.9. The van der Waals surface area contributed by atoms with Crippen LogP contribution in [0.25, 0.3) is 0 Å². The van der Waals surface area contributed by atoms with Crippen molar-refractivity contribution in [2.24, 2.45) is 5.41 Å². The highest BCUT2D eigenvalue weighted by molar-refractivity contribution is 7.79. The van der Waals surface area contributed by atoms with E-state index in [2.05, 4.69) is 120 Å². The van der Waals surface area contributed by atoms with Gasteiger partial charge in [0.1, 0.15) is 5.82 Å². The Morgan fingerprint density at radius 2 is 1.10 bits per heavy atom. The van der Waals surface area contributed by atoms with Crippen LogP contribution in [0.2, 0.25) is 0 Å². The summed E-state index contributed by atoms with van der Waals surface area (Å²) in [7, 11) is 0. The van der Waals surface area contributed by atoms with Crippen LogP contribution < -0.4 is 9.80 Å². The Morgan fingerprint density at radius 1 is 0.680 bits per heavy atom. The van der Waals surface area contributed by atoms with E-state index in [9.17, 15) is 0 Å².